The summed E-state index contributed by atoms with van der Waals surface area (Å²) in [6.45, 7) is 7.74. The minimum Gasteiger partial charge on any atom is -0.496 e. The maximum Gasteiger partial charge on any atom is 0.245 e. The van der Waals surface area contributed by atoms with Crippen LogP contribution in [0.2, 0.25) is 0 Å². The maximum atomic E-state index is 14.4. The monoisotopic (exact) mass is 892 g/mol. The number of hydrogen-bond donors (Lipinski definition) is 3. The fraction of sp³-hybridized carbons (Fsp3) is 0.489. The molecule has 4 aromatic rings. The van der Waals surface area contributed by atoms with Gasteiger partial charge in [-0.25, -0.2) is 27.2 Å². The van der Waals surface area contributed by atoms with Gasteiger partial charge in [-0.2, -0.15) is 0 Å². The largest absolute Gasteiger partial charge is 0.496 e. The number of carbonyl (C=O) groups is 3. The molecule has 2 aromatic carbocycles. The number of unbranched alkanes of at least 4 members (excludes halogenated alkanes) is 3. The van der Waals surface area contributed by atoms with E-state index >= 15 is 0 Å². The molecule has 62 heavy (non-hydrogen) atoms. The van der Waals surface area contributed by atoms with Crippen LogP contribution < -0.4 is 25.2 Å². The molecule has 0 radical (unpaired) electrons. The van der Waals surface area contributed by atoms with Gasteiger partial charge in [0, 0.05) is 46.5 Å². The van der Waals surface area contributed by atoms with E-state index in [1.807, 2.05) is 42.7 Å². The molecule has 2 aromatic heterocycles. The molecule has 3 aliphatic rings. The Hall–Kier alpha value is -5.16. The molecule has 1 aliphatic heterocycles. The van der Waals surface area contributed by atoms with Gasteiger partial charge in [0.1, 0.15) is 40.4 Å². The van der Waals surface area contributed by atoms with Crippen LogP contribution in [0.3, 0.4) is 0 Å². The number of fused-ring (bicyclic) bond motifs is 1. The van der Waals surface area contributed by atoms with Crippen molar-refractivity contribution >= 4 is 55.7 Å². The molecular weight excluding hydrogens is 839 g/mol. The standard InChI is InChI=1S/C45H54F2N6O7S2/c1-25(2)36-24-61-43(51-36)35-22-39(30-14-16-38(59-5)26(3)40(30)50-35)60-29-21-37(41(48)54)53(23-29)44(56)34(49-28-13-15-32(46)33(47)20-28)12-10-8-6-7-9-11-27-19-31(27)42(55)52-62(57,58)45(4)17-18-45/h9,11,13-16,20,22,24-25,27,29,31,34,37,49H,6-8,10,12,17-19,21,23H2,1-5H3,(H2,48,54)(H,52,55). The second-order valence-corrected chi connectivity index (χ2v) is 20.3. The minimum absolute atomic E-state index is 0.00567. The van der Waals surface area contributed by atoms with E-state index in [4.69, 9.17) is 25.2 Å². The Morgan fingerprint density at radius 3 is 2.50 bits per heavy atom. The van der Waals surface area contributed by atoms with Crippen LogP contribution in [0.5, 0.6) is 11.5 Å². The number of likely N-dealkylation sites (tertiary alicyclic amines) is 1. The quantitative estimate of drug-likeness (QED) is 0.0629. The van der Waals surface area contributed by atoms with Crippen molar-refractivity contribution in [2.24, 2.45) is 17.6 Å². The van der Waals surface area contributed by atoms with Crippen molar-refractivity contribution in [2.45, 2.75) is 114 Å². The SMILES string of the molecule is COc1ccc2c(OC3CC(C(N)=O)N(C(=O)C(CCCCCC=CC4CC4C(=O)NS(=O)(=O)C4(C)CC4)Nc4ccc(F)c(F)c4)C3)cc(-c3nc(C(C)C)cs3)nc2c1C. The van der Waals surface area contributed by atoms with E-state index in [-0.39, 0.29) is 36.4 Å². The summed E-state index contributed by atoms with van der Waals surface area (Å²) in [6, 6.07) is 6.97. The fourth-order valence-electron chi connectivity index (χ4n) is 7.86. The van der Waals surface area contributed by atoms with Gasteiger partial charge in [0.05, 0.1) is 29.6 Å². The number of nitrogens with zero attached hydrogens (tertiary/aromatic N) is 3. The Labute approximate surface area is 364 Å². The van der Waals surface area contributed by atoms with Gasteiger partial charge in [0.2, 0.25) is 27.7 Å². The highest BCUT2D eigenvalue weighted by atomic mass is 32.2. The lowest BCUT2D eigenvalue weighted by molar-refractivity contribution is -0.138. The number of thiazole rings is 1. The summed E-state index contributed by atoms with van der Waals surface area (Å²) in [6.07, 6.45) is 8.28. The second-order valence-electron chi connectivity index (χ2n) is 17.2. The van der Waals surface area contributed by atoms with Gasteiger partial charge in [-0.15, -0.1) is 11.3 Å². The lowest BCUT2D eigenvalue weighted by atomic mass is 10.0. The minimum atomic E-state index is -3.67. The van der Waals surface area contributed by atoms with Gasteiger partial charge in [-0.3, -0.25) is 19.1 Å². The van der Waals surface area contributed by atoms with Gasteiger partial charge in [-0.05, 0) is 88.5 Å². The van der Waals surface area contributed by atoms with Crippen LogP contribution in [0.25, 0.3) is 21.6 Å². The number of aromatic nitrogens is 2. The van der Waals surface area contributed by atoms with Crippen molar-refractivity contribution in [2.75, 3.05) is 19.0 Å². The van der Waals surface area contributed by atoms with Gasteiger partial charge < -0.3 is 25.4 Å². The third kappa shape index (κ3) is 9.88. The van der Waals surface area contributed by atoms with Crippen LogP contribution in [-0.2, 0) is 24.4 Å². The molecule has 332 valence electrons. The summed E-state index contributed by atoms with van der Waals surface area (Å²) < 4.78 is 66.8. The number of aryl methyl sites for hydroxylation is 1. The third-order valence-electron chi connectivity index (χ3n) is 12.2. The zero-order valence-electron chi connectivity index (χ0n) is 35.6. The first kappa shape index (κ1) is 44.9. The van der Waals surface area contributed by atoms with Gasteiger partial charge in [-0.1, -0.05) is 38.8 Å². The molecule has 0 bridgehead atoms. The summed E-state index contributed by atoms with van der Waals surface area (Å²) in [5.41, 5.74) is 9.16. The molecule has 4 N–H and O–H groups in total. The number of primary amides is 1. The lowest BCUT2D eigenvalue weighted by Gasteiger charge is -2.28. The number of allylic oxidation sites excluding steroid dienone is 2. The third-order valence-corrected chi connectivity index (χ3v) is 15.2. The smallest absolute Gasteiger partial charge is 0.245 e. The predicted molar refractivity (Wildman–Crippen MR) is 234 cm³/mol. The van der Waals surface area contributed by atoms with Crippen LogP contribution in [0.15, 0.2) is 53.9 Å². The van der Waals surface area contributed by atoms with Crippen molar-refractivity contribution in [3.63, 3.8) is 0 Å². The number of carbonyl (C=O) groups excluding carboxylic acids is 3. The van der Waals surface area contributed by atoms with Crippen molar-refractivity contribution in [3.05, 3.63) is 76.8 Å². The number of rotatable bonds is 19. The second kappa shape index (κ2) is 18.3. The van der Waals surface area contributed by atoms with Crippen LogP contribution in [0.4, 0.5) is 14.5 Å². The van der Waals surface area contributed by atoms with E-state index in [2.05, 4.69) is 23.9 Å². The number of hydrogen-bond acceptors (Lipinski definition) is 11. The summed E-state index contributed by atoms with van der Waals surface area (Å²) in [5.74, 6) is -2.63. The number of methoxy groups -OCH3 is 1. The normalized spacial score (nSPS) is 21.0. The molecule has 17 heteroatoms. The molecule has 1 saturated heterocycles. The van der Waals surface area contributed by atoms with Gasteiger partial charge in [0.15, 0.2) is 11.6 Å². The summed E-state index contributed by atoms with van der Waals surface area (Å²) in [7, 11) is -2.07. The summed E-state index contributed by atoms with van der Waals surface area (Å²) >= 11 is 1.48. The molecule has 0 spiro atoms. The number of anilines is 1. The predicted octanol–water partition coefficient (Wildman–Crippen LogP) is 7.53. The maximum absolute atomic E-state index is 14.4. The number of sulfonamides is 1. The molecule has 3 fully saturated rings. The first-order chi connectivity index (χ1) is 29.5. The fourth-order valence-corrected chi connectivity index (χ4v) is 10.1. The van der Waals surface area contributed by atoms with Crippen molar-refractivity contribution in [1.82, 2.24) is 19.6 Å². The van der Waals surface area contributed by atoms with E-state index in [9.17, 15) is 31.6 Å². The molecule has 13 nitrogen and oxygen atoms in total. The molecule has 5 unspecified atom stereocenters. The Bertz CT molecular complexity index is 2490. The van der Waals surface area contributed by atoms with E-state index in [1.54, 1.807) is 14.0 Å². The lowest BCUT2D eigenvalue weighted by Crippen LogP contribution is -2.49. The number of benzene rings is 2. The topological polar surface area (TPSA) is 183 Å². The van der Waals surface area contributed by atoms with Crippen molar-refractivity contribution < 1.29 is 41.1 Å². The van der Waals surface area contributed by atoms with Crippen LogP contribution in [0, 0.1) is 30.4 Å². The first-order valence-electron chi connectivity index (χ1n) is 21.1. The average Bonchev–Trinajstić information content (AvgIpc) is 4.07. The van der Waals surface area contributed by atoms with Crippen LogP contribution in [-0.4, -0.2) is 77.6 Å². The highest BCUT2D eigenvalue weighted by Gasteiger charge is 2.52. The number of amides is 3. The van der Waals surface area contributed by atoms with E-state index < -0.39 is 62.3 Å². The highest BCUT2D eigenvalue weighted by Crippen LogP contribution is 2.44. The zero-order valence-corrected chi connectivity index (χ0v) is 37.2. The number of nitrogens with two attached hydrogens (primary N) is 1. The number of ether oxygens (including phenoxy) is 2. The molecule has 7 rings (SSSR count). The van der Waals surface area contributed by atoms with Crippen molar-refractivity contribution in [3.8, 4) is 22.2 Å². The highest BCUT2D eigenvalue weighted by molar-refractivity contribution is 7.91. The van der Waals surface area contributed by atoms with Crippen LogP contribution in [0.1, 0.15) is 95.7 Å². The zero-order chi connectivity index (χ0) is 44.5. The number of nitrogens with one attached hydrogen (secondary N) is 2. The molecule has 2 saturated carbocycles. The van der Waals surface area contributed by atoms with E-state index in [0.29, 0.717) is 61.2 Å². The van der Waals surface area contributed by atoms with E-state index in [0.717, 1.165) is 46.6 Å². The van der Waals surface area contributed by atoms with Gasteiger partial charge >= 0.3 is 0 Å². The summed E-state index contributed by atoms with van der Waals surface area (Å²) in [5, 5.41) is 6.53. The molecule has 5 atom stereocenters. The molecule has 3 heterocycles. The Morgan fingerprint density at radius 1 is 1.05 bits per heavy atom. The Kier molecular flexibility index (Phi) is 13.2. The molecule has 2 aliphatic carbocycles. The average molecular weight is 893 g/mol. The molecule has 3 amide bonds. The molecular formula is C45H54F2N6O7S2. The Morgan fingerprint density at radius 2 is 1.82 bits per heavy atom. The summed E-state index contributed by atoms with van der Waals surface area (Å²) in [4.78, 5) is 51.1. The number of halogens is 2. The van der Waals surface area contributed by atoms with Crippen LogP contribution >= 0.6 is 11.3 Å². The van der Waals surface area contributed by atoms with E-state index in [1.165, 1.54) is 22.3 Å². The van der Waals surface area contributed by atoms with Crippen molar-refractivity contribution in [1.29, 1.82) is 0 Å². The van der Waals surface area contributed by atoms with Gasteiger partial charge in [0.25, 0.3) is 0 Å². The number of pyridine rings is 1. The first-order valence-corrected chi connectivity index (χ1v) is 23.5. The Balaban J connectivity index is 1.02.